The quantitative estimate of drug-likeness (QED) is 0.730. The van der Waals surface area contributed by atoms with Crippen molar-refractivity contribution in [2.75, 3.05) is 0 Å². The molecule has 0 radical (unpaired) electrons. The van der Waals surface area contributed by atoms with E-state index >= 15 is 0 Å². The van der Waals surface area contributed by atoms with E-state index in [1.807, 2.05) is 11.0 Å². The summed E-state index contributed by atoms with van der Waals surface area (Å²) in [7, 11) is 0. The molecule has 1 heterocycles. The molecular weight excluding hydrogens is 289 g/mol. The van der Waals surface area contributed by atoms with Gasteiger partial charge in [0.15, 0.2) is 0 Å². The number of halogens is 1. The monoisotopic (exact) mass is 301 g/mol. The number of fused-ring (bicyclic) bond motifs is 1. The molecule has 0 fully saturated rings. The van der Waals surface area contributed by atoms with Crippen LogP contribution in [0.25, 0.3) is 0 Å². The Morgan fingerprint density at radius 1 is 1.43 bits per heavy atom. The van der Waals surface area contributed by atoms with E-state index in [1.165, 1.54) is 0 Å². The van der Waals surface area contributed by atoms with Crippen molar-refractivity contribution in [3.63, 3.8) is 0 Å². The van der Waals surface area contributed by atoms with Gasteiger partial charge in [-0.1, -0.05) is 6.07 Å². The molecule has 14 heavy (non-hydrogen) atoms. The van der Waals surface area contributed by atoms with Crippen molar-refractivity contribution in [3.8, 4) is 0 Å². The van der Waals surface area contributed by atoms with E-state index in [9.17, 15) is 4.79 Å². The highest BCUT2D eigenvalue weighted by atomic mass is 127. The molecule has 0 aromatic heterocycles. The fourth-order valence-corrected chi connectivity index (χ4v) is 2.20. The molecular formula is C11H12INO. The predicted molar refractivity (Wildman–Crippen MR) is 64.2 cm³/mol. The van der Waals surface area contributed by atoms with Crippen LogP contribution >= 0.6 is 22.6 Å². The number of benzene rings is 1. The van der Waals surface area contributed by atoms with Gasteiger partial charge >= 0.3 is 0 Å². The highest BCUT2D eigenvalue weighted by Gasteiger charge is 2.28. The average molecular weight is 301 g/mol. The van der Waals surface area contributed by atoms with E-state index in [-0.39, 0.29) is 11.9 Å². The Balaban J connectivity index is 2.41. The molecule has 0 spiro atoms. The van der Waals surface area contributed by atoms with Crippen LogP contribution in [0.1, 0.15) is 29.8 Å². The molecule has 2 nitrogen and oxygen atoms in total. The van der Waals surface area contributed by atoms with Crippen LogP contribution < -0.4 is 0 Å². The number of rotatable bonds is 1. The highest BCUT2D eigenvalue weighted by Crippen LogP contribution is 2.25. The molecule has 1 aromatic rings. The third-order valence-electron chi connectivity index (χ3n) is 2.53. The van der Waals surface area contributed by atoms with Gasteiger partial charge in [-0.3, -0.25) is 4.79 Å². The van der Waals surface area contributed by atoms with E-state index in [0.29, 0.717) is 0 Å². The van der Waals surface area contributed by atoms with Crippen molar-refractivity contribution < 1.29 is 4.79 Å². The normalized spacial score (nSPS) is 15.1. The molecule has 0 atom stereocenters. The molecule has 1 aliphatic rings. The van der Waals surface area contributed by atoms with Crippen molar-refractivity contribution in [2.24, 2.45) is 0 Å². The van der Waals surface area contributed by atoms with Crippen LogP contribution in [-0.4, -0.2) is 16.8 Å². The summed E-state index contributed by atoms with van der Waals surface area (Å²) in [5.41, 5.74) is 2.04. The van der Waals surface area contributed by atoms with Gasteiger partial charge in [-0.15, -0.1) is 0 Å². The minimum Gasteiger partial charge on any atom is -0.332 e. The molecule has 1 aliphatic heterocycles. The van der Waals surface area contributed by atoms with Crippen LogP contribution in [0.4, 0.5) is 0 Å². The largest absolute Gasteiger partial charge is 0.332 e. The van der Waals surface area contributed by atoms with Gasteiger partial charge in [0.05, 0.1) is 0 Å². The molecule has 0 saturated carbocycles. The second-order valence-corrected chi connectivity index (χ2v) is 5.07. The first-order valence-corrected chi connectivity index (χ1v) is 5.77. The molecule has 0 bridgehead atoms. The summed E-state index contributed by atoms with van der Waals surface area (Å²) in [5, 5.41) is 0. The van der Waals surface area contributed by atoms with Crippen LogP contribution in [0, 0.1) is 3.57 Å². The maximum atomic E-state index is 11.9. The standard InChI is InChI=1S/C11H12INO/c1-7(2)13-6-8-3-4-9(12)5-10(8)11(13)14/h3-5,7H,6H2,1-2H3. The Bertz CT molecular complexity index is 387. The molecule has 3 heteroatoms. The molecule has 74 valence electrons. The minimum atomic E-state index is 0.175. The number of nitrogens with zero attached hydrogens (tertiary/aromatic N) is 1. The van der Waals surface area contributed by atoms with E-state index in [1.54, 1.807) is 0 Å². The van der Waals surface area contributed by atoms with Crippen molar-refractivity contribution in [2.45, 2.75) is 26.4 Å². The SMILES string of the molecule is CC(C)N1Cc2ccc(I)cc2C1=O. The lowest BCUT2D eigenvalue weighted by molar-refractivity contribution is 0.0730. The Labute approximate surface area is 97.4 Å². The lowest BCUT2D eigenvalue weighted by Gasteiger charge is -2.19. The molecule has 0 N–H and O–H groups in total. The Kier molecular flexibility index (Phi) is 2.51. The number of hydrogen-bond donors (Lipinski definition) is 0. The number of carbonyl (C=O) groups excluding carboxylic acids is 1. The second kappa shape index (κ2) is 3.53. The maximum absolute atomic E-state index is 11.9. The minimum absolute atomic E-state index is 0.175. The van der Waals surface area contributed by atoms with Crippen molar-refractivity contribution >= 4 is 28.5 Å². The van der Waals surface area contributed by atoms with E-state index in [0.717, 1.165) is 21.2 Å². The molecule has 0 unspecified atom stereocenters. The van der Waals surface area contributed by atoms with Gasteiger partial charge in [0.2, 0.25) is 0 Å². The smallest absolute Gasteiger partial charge is 0.254 e. The fraction of sp³-hybridized carbons (Fsp3) is 0.364. The summed E-state index contributed by atoms with van der Waals surface area (Å²) < 4.78 is 1.13. The molecule has 0 saturated heterocycles. The third kappa shape index (κ3) is 1.54. The summed E-state index contributed by atoms with van der Waals surface area (Å²) in [4.78, 5) is 13.8. The second-order valence-electron chi connectivity index (χ2n) is 3.83. The maximum Gasteiger partial charge on any atom is 0.254 e. The van der Waals surface area contributed by atoms with Crippen LogP contribution in [-0.2, 0) is 6.54 Å². The summed E-state index contributed by atoms with van der Waals surface area (Å²) in [6, 6.07) is 6.36. The average Bonchev–Trinajstić information content (AvgIpc) is 2.44. The number of carbonyl (C=O) groups is 1. The van der Waals surface area contributed by atoms with Gasteiger partial charge in [0.25, 0.3) is 5.91 Å². The Morgan fingerprint density at radius 3 is 2.79 bits per heavy atom. The zero-order valence-corrected chi connectivity index (χ0v) is 10.4. The van der Waals surface area contributed by atoms with Crippen LogP contribution in [0.5, 0.6) is 0 Å². The third-order valence-corrected chi connectivity index (χ3v) is 3.20. The van der Waals surface area contributed by atoms with Gasteiger partial charge in [-0.25, -0.2) is 0 Å². The van der Waals surface area contributed by atoms with Crippen molar-refractivity contribution in [1.29, 1.82) is 0 Å². The molecule has 1 amide bonds. The van der Waals surface area contributed by atoms with Gasteiger partial charge in [-0.05, 0) is 54.1 Å². The molecule has 1 aromatic carbocycles. The Hall–Kier alpha value is -0.580. The number of hydrogen-bond acceptors (Lipinski definition) is 1. The van der Waals surface area contributed by atoms with E-state index in [2.05, 4.69) is 48.6 Å². The number of amides is 1. The van der Waals surface area contributed by atoms with Crippen LogP contribution in [0.2, 0.25) is 0 Å². The fourth-order valence-electron chi connectivity index (χ4n) is 1.71. The van der Waals surface area contributed by atoms with Crippen LogP contribution in [0.15, 0.2) is 18.2 Å². The lowest BCUT2D eigenvalue weighted by Crippen LogP contribution is -2.30. The topological polar surface area (TPSA) is 20.3 Å². The van der Waals surface area contributed by atoms with Crippen LogP contribution in [0.3, 0.4) is 0 Å². The first kappa shape index (κ1) is 9.96. The van der Waals surface area contributed by atoms with Crippen molar-refractivity contribution in [3.05, 3.63) is 32.9 Å². The summed E-state index contributed by atoms with van der Waals surface area (Å²) in [5.74, 6) is 0.175. The predicted octanol–water partition coefficient (Wildman–Crippen LogP) is 2.66. The summed E-state index contributed by atoms with van der Waals surface area (Å²) in [6.45, 7) is 4.87. The summed E-state index contributed by atoms with van der Waals surface area (Å²) >= 11 is 2.24. The molecule has 0 aliphatic carbocycles. The zero-order valence-electron chi connectivity index (χ0n) is 8.25. The van der Waals surface area contributed by atoms with E-state index in [4.69, 9.17) is 0 Å². The van der Waals surface area contributed by atoms with E-state index < -0.39 is 0 Å². The summed E-state index contributed by atoms with van der Waals surface area (Å²) in [6.07, 6.45) is 0. The van der Waals surface area contributed by atoms with Crippen molar-refractivity contribution in [1.82, 2.24) is 4.90 Å². The van der Waals surface area contributed by atoms with Gasteiger partial charge in [0, 0.05) is 21.7 Å². The first-order chi connectivity index (χ1) is 6.59. The van der Waals surface area contributed by atoms with Gasteiger partial charge in [0.1, 0.15) is 0 Å². The highest BCUT2D eigenvalue weighted by molar-refractivity contribution is 14.1. The zero-order chi connectivity index (χ0) is 10.3. The lowest BCUT2D eigenvalue weighted by atomic mass is 10.1. The first-order valence-electron chi connectivity index (χ1n) is 4.69. The molecule has 2 rings (SSSR count). The Morgan fingerprint density at radius 2 is 2.14 bits per heavy atom. The van der Waals surface area contributed by atoms with Gasteiger partial charge < -0.3 is 4.90 Å². The van der Waals surface area contributed by atoms with Gasteiger partial charge in [-0.2, -0.15) is 0 Å².